The van der Waals surface area contributed by atoms with Gasteiger partial charge in [0.1, 0.15) is 5.76 Å². The molecule has 4 nitrogen and oxygen atoms in total. The number of aryl methyl sites for hydroxylation is 1. The maximum absolute atomic E-state index is 12.3. The van der Waals surface area contributed by atoms with Gasteiger partial charge < -0.3 is 9.73 Å². The second kappa shape index (κ2) is 9.02. The lowest BCUT2D eigenvalue weighted by atomic mass is 10.1. The fraction of sp³-hybridized carbons (Fsp3) is 0.190. The summed E-state index contributed by atoms with van der Waals surface area (Å²) in [6.07, 6.45) is 0. The Balaban J connectivity index is 1.55. The third kappa shape index (κ3) is 5.55. The number of hydrogen-bond donors (Lipinski definition) is 1. The standard InChI is InChI=1S/C21H20ClNO3S/c1-15-5-2-3-7-17(15)12-23-21(24)20-10-9-19(26-20)14-27(25)13-16-6-4-8-18(22)11-16/h2-11H,12-14H2,1H3,(H,23,24)/t27-/m0/s1. The van der Waals surface area contributed by atoms with E-state index >= 15 is 0 Å². The minimum atomic E-state index is -1.15. The summed E-state index contributed by atoms with van der Waals surface area (Å²) in [7, 11) is -1.15. The van der Waals surface area contributed by atoms with E-state index in [1.807, 2.05) is 43.3 Å². The van der Waals surface area contributed by atoms with E-state index in [2.05, 4.69) is 5.32 Å². The van der Waals surface area contributed by atoms with E-state index in [1.54, 1.807) is 24.3 Å². The van der Waals surface area contributed by atoms with Crippen LogP contribution in [-0.4, -0.2) is 10.1 Å². The second-order valence-corrected chi connectivity index (χ2v) is 8.13. The predicted octanol–water partition coefficient (Wildman–Crippen LogP) is 4.62. The first kappa shape index (κ1) is 19.4. The van der Waals surface area contributed by atoms with Crippen LogP contribution in [0.2, 0.25) is 5.02 Å². The monoisotopic (exact) mass is 401 g/mol. The predicted molar refractivity (Wildman–Crippen MR) is 108 cm³/mol. The molecule has 3 rings (SSSR count). The maximum Gasteiger partial charge on any atom is 0.287 e. The first-order chi connectivity index (χ1) is 13.0. The van der Waals surface area contributed by atoms with Crippen LogP contribution in [0.25, 0.3) is 0 Å². The lowest BCUT2D eigenvalue weighted by Gasteiger charge is -2.06. The molecule has 0 radical (unpaired) electrons. The maximum atomic E-state index is 12.3. The van der Waals surface area contributed by atoms with Crippen molar-refractivity contribution < 1.29 is 13.4 Å². The van der Waals surface area contributed by atoms with E-state index in [1.165, 1.54) is 0 Å². The summed E-state index contributed by atoms with van der Waals surface area (Å²) in [6, 6.07) is 18.5. The van der Waals surface area contributed by atoms with E-state index in [9.17, 15) is 9.00 Å². The highest BCUT2D eigenvalue weighted by Gasteiger charge is 2.13. The summed E-state index contributed by atoms with van der Waals surface area (Å²) in [5.74, 6) is 1.09. The van der Waals surface area contributed by atoms with Crippen LogP contribution in [0.3, 0.4) is 0 Å². The number of furan rings is 1. The molecule has 1 aromatic heterocycles. The molecule has 1 N–H and O–H groups in total. The van der Waals surface area contributed by atoms with Crippen molar-refractivity contribution in [1.29, 1.82) is 0 Å². The average molecular weight is 402 g/mol. The molecular weight excluding hydrogens is 382 g/mol. The molecule has 140 valence electrons. The molecule has 6 heteroatoms. The van der Waals surface area contributed by atoms with Gasteiger partial charge in [0, 0.05) is 28.1 Å². The Morgan fingerprint density at radius 2 is 1.89 bits per heavy atom. The Kier molecular flexibility index (Phi) is 6.48. The molecule has 0 aliphatic carbocycles. The van der Waals surface area contributed by atoms with Crippen molar-refractivity contribution in [3.05, 3.63) is 93.9 Å². The third-order valence-electron chi connectivity index (χ3n) is 4.11. The Bertz CT molecular complexity index is 967. The van der Waals surface area contributed by atoms with Gasteiger partial charge in [0.05, 0.1) is 5.75 Å². The number of nitrogens with one attached hydrogen (secondary N) is 1. The van der Waals surface area contributed by atoms with Crippen LogP contribution in [0.15, 0.2) is 65.1 Å². The minimum Gasteiger partial charge on any atom is -0.455 e. The van der Waals surface area contributed by atoms with Gasteiger partial charge in [-0.05, 0) is 47.9 Å². The van der Waals surface area contributed by atoms with E-state index in [4.69, 9.17) is 16.0 Å². The van der Waals surface area contributed by atoms with Gasteiger partial charge in [-0.1, -0.05) is 48.0 Å². The Morgan fingerprint density at radius 1 is 1.07 bits per heavy atom. The summed E-state index contributed by atoms with van der Waals surface area (Å²) in [4.78, 5) is 12.3. The van der Waals surface area contributed by atoms with Crippen molar-refractivity contribution >= 4 is 28.3 Å². The number of carbonyl (C=O) groups is 1. The molecule has 1 heterocycles. The zero-order valence-corrected chi connectivity index (χ0v) is 16.5. The molecule has 0 bridgehead atoms. The number of halogens is 1. The summed E-state index contributed by atoms with van der Waals surface area (Å²) >= 11 is 5.95. The smallest absolute Gasteiger partial charge is 0.287 e. The number of hydrogen-bond acceptors (Lipinski definition) is 3. The van der Waals surface area contributed by atoms with Crippen LogP contribution in [0.1, 0.15) is 33.0 Å². The lowest BCUT2D eigenvalue weighted by Crippen LogP contribution is -2.22. The van der Waals surface area contributed by atoms with Gasteiger partial charge in [-0.25, -0.2) is 0 Å². The van der Waals surface area contributed by atoms with Gasteiger partial charge in [-0.3, -0.25) is 9.00 Å². The molecule has 0 unspecified atom stereocenters. The van der Waals surface area contributed by atoms with Crippen LogP contribution in [0.5, 0.6) is 0 Å². The topological polar surface area (TPSA) is 59.3 Å². The van der Waals surface area contributed by atoms with Crippen LogP contribution in [0, 0.1) is 6.92 Å². The Morgan fingerprint density at radius 3 is 2.67 bits per heavy atom. The van der Waals surface area contributed by atoms with Crippen molar-refractivity contribution in [1.82, 2.24) is 5.32 Å². The van der Waals surface area contributed by atoms with Gasteiger partial charge in [0.15, 0.2) is 5.76 Å². The number of benzene rings is 2. The summed E-state index contributed by atoms with van der Waals surface area (Å²) in [6.45, 7) is 2.43. The van der Waals surface area contributed by atoms with Crippen LogP contribution >= 0.6 is 11.6 Å². The SMILES string of the molecule is Cc1ccccc1CNC(=O)c1ccc(C[S@@](=O)Cc2cccc(Cl)c2)o1. The van der Waals surface area contributed by atoms with Gasteiger partial charge in [0.25, 0.3) is 5.91 Å². The highest BCUT2D eigenvalue weighted by atomic mass is 35.5. The zero-order chi connectivity index (χ0) is 19.2. The molecule has 27 heavy (non-hydrogen) atoms. The quantitative estimate of drug-likeness (QED) is 0.628. The van der Waals surface area contributed by atoms with Crippen molar-refractivity contribution in [3.63, 3.8) is 0 Å². The fourth-order valence-corrected chi connectivity index (χ4v) is 4.01. The van der Waals surface area contributed by atoms with Gasteiger partial charge in [0.2, 0.25) is 0 Å². The fourth-order valence-electron chi connectivity index (χ4n) is 2.67. The van der Waals surface area contributed by atoms with Crippen LogP contribution in [-0.2, 0) is 28.9 Å². The molecule has 1 amide bonds. The van der Waals surface area contributed by atoms with Crippen molar-refractivity contribution in [2.45, 2.75) is 25.0 Å². The van der Waals surface area contributed by atoms with Crippen molar-refractivity contribution in [3.8, 4) is 0 Å². The van der Waals surface area contributed by atoms with Gasteiger partial charge in [-0.2, -0.15) is 0 Å². The second-order valence-electron chi connectivity index (χ2n) is 6.23. The Labute approximate surface area is 166 Å². The number of carbonyl (C=O) groups excluding carboxylic acids is 1. The zero-order valence-electron chi connectivity index (χ0n) is 14.9. The van der Waals surface area contributed by atoms with E-state index in [0.717, 1.165) is 16.7 Å². The normalized spacial score (nSPS) is 11.9. The highest BCUT2D eigenvalue weighted by molar-refractivity contribution is 7.83. The highest BCUT2D eigenvalue weighted by Crippen LogP contribution is 2.16. The molecule has 2 aromatic carbocycles. The van der Waals surface area contributed by atoms with E-state index in [-0.39, 0.29) is 17.4 Å². The van der Waals surface area contributed by atoms with Crippen LogP contribution < -0.4 is 5.32 Å². The minimum absolute atomic E-state index is 0.221. The molecule has 3 aromatic rings. The van der Waals surface area contributed by atoms with Crippen molar-refractivity contribution in [2.24, 2.45) is 0 Å². The van der Waals surface area contributed by atoms with E-state index in [0.29, 0.717) is 23.1 Å². The third-order valence-corrected chi connectivity index (χ3v) is 5.60. The van der Waals surface area contributed by atoms with E-state index < -0.39 is 10.8 Å². The largest absolute Gasteiger partial charge is 0.455 e. The molecule has 0 spiro atoms. The van der Waals surface area contributed by atoms with Gasteiger partial charge in [-0.15, -0.1) is 0 Å². The van der Waals surface area contributed by atoms with Crippen molar-refractivity contribution in [2.75, 3.05) is 0 Å². The molecule has 1 atom stereocenters. The summed E-state index contributed by atoms with van der Waals surface area (Å²) in [5, 5.41) is 3.47. The first-order valence-corrected chi connectivity index (χ1v) is 10.4. The molecular formula is C21H20ClNO3S. The lowest BCUT2D eigenvalue weighted by molar-refractivity contribution is 0.0921. The average Bonchev–Trinajstić information content (AvgIpc) is 3.09. The molecule has 0 fully saturated rings. The Hall–Kier alpha value is -2.37. The first-order valence-electron chi connectivity index (χ1n) is 8.52. The molecule has 0 saturated heterocycles. The molecule has 0 aliphatic rings. The number of rotatable bonds is 7. The van der Waals surface area contributed by atoms with Crippen LogP contribution in [0.4, 0.5) is 0 Å². The number of amides is 1. The summed E-state index contributed by atoms with van der Waals surface area (Å²) in [5.41, 5.74) is 3.08. The van der Waals surface area contributed by atoms with Gasteiger partial charge >= 0.3 is 0 Å². The summed E-state index contributed by atoms with van der Waals surface area (Å²) < 4.78 is 17.9. The molecule has 0 aliphatic heterocycles. The molecule has 0 saturated carbocycles.